The molecule has 1 heteroatoms. The molecule has 1 nitrogen and oxygen atoms in total. The third-order valence-electron chi connectivity index (χ3n) is 2.28. The van der Waals surface area contributed by atoms with E-state index in [-0.39, 0.29) is 6.10 Å². The van der Waals surface area contributed by atoms with Crippen LogP contribution in [0.1, 0.15) is 39.0 Å². The van der Waals surface area contributed by atoms with Crippen molar-refractivity contribution in [1.29, 1.82) is 0 Å². The van der Waals surface area contributed by atoms with Gasteiger partial charge in [-0.25, -0.2) is 0 Å². The van der Waals surface area contributed by atoms with Gasteiger partial charge in [0.1, 0.15) is 6.10 Å². The highest BCUT2D eigenvalue weighted by Crippen LogP contribution is 2.23. The summed E-state index contributed by atoms with van der Waals surface area (Å²) in [7, 11) is 0. The lowest BCUT2D eigenvalue weighted by Crippen LogP contribution is -2.03. The first-order valence-electron chi connectivity index (χ1n) is 4.79. The number of allylic oxidation sites excluding steroid dienone is 1. The Bertz CT molecular complexity index is 162. The Kier molecular flexibility index (Phi) is 3.92. The van der Waals surface area contributed by atoms with Crippen LogP contribution in [0.4, 0.5) is 0 Å². The number of ether oxygens (including phenoxy) is 1. The number of hydrogen-bond acceptors (Lipinski definition) is 1. The van der Waals surface area contributed by atoms with E-state index in [4.69, 9.17) is 4.74 Å². The van der Waals surface area contributed by atoms with Crippen LogP contribution in [0.15, 0.2) is 24.5 Å². The molecule has 12 heavy (non-hydrogen) atoms. The summed E-state index contributed by atoms with van der Waals surface area (Å²) in [5.41, 5.74) is 1.57. The van der Waals surface area contributed by atoms with E-state index >= 15 is 0 Å². The molecule has 1 saturated carbocycles. The van der Waals surface area contributed by atoms with Gasteiger partial charge in [0, 0.05) is 0 Å². The molecular weight excluding hydrogens is 148 g/mol. The Balaban J connectivity index is 2.36. The van der Waals surface area contributed by atoms with Crippen LogP contribution in [0.5, 0.6) is 0 Å². The fourth-order valence-electron chi connectivity index (χ4n) is 1.70. The maximum Gasteiger partial charge on any atom is 0.113 e. The summed E-state index contributed by atoms with van der Waals surface area (Å²) in [5.74, 6) is 0. The molecule has 1 fully saturated rings. The van der Waals surface area contributed by atoms with E-state index in [0.717, 1.165) is 0 Å². The van der Waals surface area contributed by atoms with E-state index in [1.165, 1.54) is 38.4 Å². The molecule has 0 amide bonds. The SMILES string of the molecule is C=COC(C)C=C1CCCCC1. The molecular formula is C11H18O. The highest BCUT2D eigenvalue weighted by atomic mass is 16.5. The molecule has 0 aromatic rings. The topological polar surface area (TPSA) is 9.23 Å². The predicted molar refractivity (Wildman–Crippen MR) is 51.9 cm³/mol. The normalized spacial score (nSPS) is 19.9. The second-order valence-corrected chi connectivity index (χ2v) is 3.39. The van der Waals surface area contributed by atoms with Crippen molar-refractivity contribution >= 4 is 0 Å². The van der Waals surface area contributed by atoms with Crippen molar-refractivity contribution in [2.24, 2.45) is 0 Å². The molecule has 0 aromatic heterocycles. The maximum absolute atomic E-state index is 5.23. The van der Waals surface area contributed by atoms with Crippen LogP contribution in [0.3, 0.4) is 0 Å². The van der Waals surface area contributed by atoms with Crippen molar-refractivity contribution in [2.75, 3.05) is 0 Å². The molecule has 0 aliphatic heterocycles. The summed E-state index contributed by atoms with van der Waals surface area (Å²) in [6, 6.07) is 0. The molecule has 0 bridgehead atoms. The Labute approximate surface area is 75.1 Å². The van der Waals surface area contributed by atoms with Crippen LogP contribution < -0.4 is 0 Å². The van der Waals surface area contributed by atoms with Gasteiger partial charge in [-0.05, 0) is 38.7 Å². The van der Waals surface area contributed by atoms with Crippen LogP contribution in [0.2, 0.25) is 0 Å². The van der Waals surface area contributed by atoms with E-state index in [9.17, 15) is 0 Å². The van der Waals surface area contributed by atoms with Gasteiger partial charge in [-0.15, -0.1) is 0 Å². The van der Waals surface area contributed by atoms with Gasteiger partial charge in [-0.1, -0.05) is 18.6 Å². The molecule has 0 saturated heterocycles. The average Bonchev–Trinajstić information content (AvgIpc) is 2.06. The Morgan fingerprint density at radius 3 is 2.58 bits per heavy atom. The van der Waals surface area contributed by atoms with E-state index in [1.54, 1.807) is 5.57 Å². The smallest absolute Gasteiger partial charge is 0.113 e. The second kappa shape index (κ2) is 5.02. The van der Waals surface area contributed by atoms with Crippen molar-refractivity contribution < 1.29 is 4.74 Å². The molecule has 1 rings (SSSR count). The fourth-order valence-corrected chi connectivity index (χ4v) is 1.70. The summed E-state index contributed by atoms with van der Waals surface area (Å²) < 4.78 is 5.23. The highest BCUT2D eigenvalue weighted by Gasteiger charge is 2.06. The lowest BCUT2D eigenvalue weighted by Gasteiger charge is -2.15. The molecule has 68 valence electrons. The van der Waals surface area contributed by atoms with Crippen LogP contribution in [0.25, 0.3) is 0 Å². The van der Waals surface area contributed by atoms with Gasteiger partial charge in [0.05, 0.1) is 6.26 Å². The minimum absolute atomic E-state index is 0.204. The molecule has 0 heterocycles. The van der Waals surface area contributed by atoms with Crippen LogP contribution >= 0.6 is 0 Å². The first-order chi connectivity index (χ1) is 5.83. The van der Waals surface area contributed by atoms with E-state index in [1.807, 2.05) is 0 Å². The van der Waals surface area contributed by atoms with Crippen molar-refractivity contribution in [3.8, 4) is 0 Å². The van der Waals surface area contributed by atoms with Crippen molar-refractivity contribution in [1.82, 2.24) is 0 Å². The summed E-state index contributed by atoms with van der Waals surface area (Å²) in [6.45, 7) is 5.60. The molecule has 0 aromatic carbocycles. The zero-order valence-electron chi connectivity index (χ0n) is 7.88. The minimum atomic E-state index is 0.204. The van der Waals surface area contributed by atoms with Crippen molar-refractivity contribution in [2.45, 2.75) is 45.1 Å². The highest BCUT2D eigenvalue weighted by molar-refractivity contribution is 5.06. The summed E-state index contributed by atoms with van der Waals surface area (Å²) >= 11 is 0. The zero-order chi connectivity index (χ0) is 8.81. The molecule has 1 aliphatic carbocycles. The summed E-state index contributed by atoms with van der Waals surface area (Å²) in [5, 5.41) is 0. The van der Waals surface area contributed by atoms with E-state index in [0.29, 0.717) is 0 Å². The third-order valence-corrected chi connectivity index (χ3v) is 2.28. The van der Waals surface area contributed by atoms with Gasteiger partial charge in [0.2, 0.25) is 0 Å². The monoisotopic (exact) mass is 166 g/mol. The Hall–Kier alpha value is -0.720. The van der Waals surface area contributed by atoms with Gasteiger partial charge in [-0.2, -0.15) is 0 Å². The number of hydrogen-bond donors (Lipinski definition) is 0. The lowest BCUT2D eigenvalue weighted by atomic mass is 9.94. The molecule has 1 unspecified atom stereocenters. The van der Waals surface area contributed by atoms with Crippen molar-refractivity contribution in [3.63, 3.8) is 0 Å². The lowest BCUT2D eigenvalue weighted by molar-refractivity contribution is 0.203. The van der Waals surface area contributed by atoms with Gasteiger partial charge in [0.15, 0.2) is 0 Å². The number of rotatable bonds is 3. The van der Waals surface area contributed by atoms with Crippen LogP contribution in [-0.4, -0.2) is 6.10 Å². The van der Waals surface area contributed by atoms with Crippen LogP contribution in [-0.2, 0) is 4.74 Å². The van der Waals surface area contributed by atoms with E-state index in [2.05, 4.69) is 19.6 Å². The molecule has 0 radical (unpaired) electrons. The predicted octanol–water partition coefficient (Wildman–Crippen LogP) is 3.43. The standard InChI is InChI=1S/C11H18O/c1-3-12-10(2)9-11-7-5-4-6-8-11/h3,9-10H,1,4-8H2,2H3. The molecule has 0 N–H and O–H groups in total. The Morgan fingerprint density at radius 2 is 2.00 bits per heavy atom. The largest absolute Gasteiger partial charge is 0.495 e. The summed E-state index contributed by atoms with van der Waals surface area (Å²) in [6.07, 6.45) is 10.6. The first-order valence-corrected chi connectivity index (χ1v) is 4.79. The van der Waals surface area contributed by atoms with Crippen LogP contribution in [0, 0.1) is 0 Å². The quantitative estimate of drug-likeness (QED) is 0.461. The average molecular weight is 166 g/mol. The van der Waals surface area contributed by atoms with Gasteiger partial charge < -0.3 is 4.74 Å². The molecule has 1 atom stereocenters. The zero-order valence-corrected chi connectivity index (χ0v) is 7.88. The first kappa shape index (κ1) is 9.37. The fraction of sp³-hybridized carbons (Fsp3) is 0.636. The van der Waals surface area contributed by atoms with Crippen molar-refractivity contribution in [3.05, 3.63) is 24.5 Å². The Morgan fingerprint density at radius 1 is 1.33 bits per heavy atom. The minimum Gasteiger partial charge on any atom is -0.495 e. The second-order valence-electron chi connectivity index (χ2n) is 3.39. The molecule has 0 spiro atoms. The van der Waals surface area contributed by atoms with Gasteiger partial charge in [-0.3, -0.25) is 0 Å². The maximum atomic E-state index is 5.23. The van der Waals surface area contributed by atoms with Gasteiger partial charge in [0.25, 0.3) is 0 Å². The third kappa shape index (κ3) is 3.12. The molecule has 1 aliphatic rings. The summed E-state index contributed by atoms with van der Waals surface area (Å²) in [4.78, 5) is 0. The van der Waals surface area contributed by atoms with Gasteiger partial charge >= 0.3 is 0 Å². The van der Waals surface area contributed by atoms with E-state index < -0.39 is 0 Å².